The van der Waals surface area contributed by atoms with Gasteiger partial charge in [0.05, 0.1) is 22.1 Å². The molecule has 3 heterocycles. The maximum absolute atomic E-state index is 2.69. The lowest BCUT2D eigenvalue weighted by Crippen LogP contribution is -2.72. The van der Waals surface area contributed by atoms with Crippen LogP contribution in [0.3, 0.4) is 0 Å². The molecule has 2 nitrogen and oxygen atoms in total. The average molecular weight is 741 g/mol. The number of para-hydroxylation sites is 2. The fourth-order valence-corrected chi connectivity index (χ4v) is 15.3. The second kappa shape index (κ2) is 12.4. The van der Waals surface area contributed by atoms with Crippen LogP contribution in [0.5, 0.6) is 0 Å². The molecule has 0 aliphatic carbocycles. The zero-order valence-electron chi connectivity index (χ0n) is 31.2. The molecule has 0 atom stereocenters. The van der Waals surface area contributed by atoms with Crippen LogP contribution in [0, 0.1) is 0 Å². The van der Waals surface area contributed by atoms with Crippen molar-refractivity contribution in [3.05, 3.63) is 218 Å². The summed E-state index contributed by atoms with van der Waals surface area (Å²) in [6.45, 7) is 0. The van der Waals surface area contributed by atoms with E-state index in [0.29, 0.717) is 0 Å². The van der Waals surface area contributed by atoms with E-state index in [0.717, 1.165) is 5.69 Å². The summed E-state index contributed by atoms with van der Waals surface area (Å²) < 4.78 is 4.99. The van der Waals surface area contributed by atoms with Gasteiger partial charge in [-0.05, 0) is 85.5 Å². The van der Waals surface area contributed by atoms with Gasteiger partial charge < -0.3 is 9.13 Å². The maximum Gasteiger partial charge on any atom is 0.180 e. The molecule has 1 aliphatic heterocycles. The third-order valence-electron chi connectivity index (χ3n) is 12.4. The molecule has 0 saturated carbocycles. The minimum absolute atomic E-state index is 1.15. The van der Waals surface area contributed by atoms with Gasteiger partial charge in [-0.3, -0.25) is 0 Å². The van der Waals surface area contributed by atoms with Gasteiger partial charge in [0, 0.05) is 32.9 Å². The first-order chi connectivity index (χ1) is 28.3. The monoisotopic (exact) mass is 740 g/mol. The van der Waals surface area contributed by atoms with Crippen molar-refractivity contribution in [3.8, 4) is 33.6 Å². The lowest BCUT2D eigenvalue weighted by atomic mass is 10.1. The van der Waals surface area contributed by atoms with Gasteiger partial charge in [-0.2, -0.15) is 0 Å². The van der Waals surface area contributed by atoms with Gasteiger partial charge in [-0.25, -0.2) is 0 Å². The van der Waals surface area contributed by atoms with E-state index in [-0.39, 0.29) is 0 Å². The Hall–Kier alpha value is -7.20. The van der Waals surface area contributed by atoms with Crippen LogP contribution in [0.4, 0.5) is 0 Å². The fraction of sp³-hybridized carbons (Fsp3) is 0. The van der Waals surface area contributed by atoms with Crippen LogP contribution < -0.4 is 20.7 Å². The molecule has 0 radical (unpaired) electrons. The van der Waals surface area contributed by atoms with Crippen molar-refractivity contribution >= 4 is 72.4 Å². The van der Waals surface area contributed by atoms with Gasteiger partial charge >= 0.3 is 0 Å². The first-order valence-electron chi connectivity index (χ1n) is 19.8. The van der Waals surface area contributed by atoms with E-state index in [4.69, 9.17) is 0 Å². The van der Waals surface area contributed by atoms with Crippen LogP contribution in [-0.2, 0) is 0 Å². The summed E-state index contributed by atoms with van der Waals surface area (Å²) in [5.41, 5.74) is 12.3. The molecule has 12 rings (SSSR count). The third kappa shape index (κ3) is 4.52. The Balaban J connectivity index is 1.15. The second-order valence-corrected chi connectivity index (χ2v) is 19.0. The summed E-state index contributed by atoms with van der Waals surface area (Å²) in [7, 11) is -2.69. The molecule has 2 aromatic heterocycles. The summed E-state index contributed by atoms with van der Waals surface area (Å²) in [4.78, 5) is 0. The van der Waals surface area contributed by atoms with Gasteiger partial charge in [-0.1, -0.05) is 176 Å². The normalized spacial score (nSPS) is 13.1. The quantitative estimate of drug-likeness (QED) is 0.156. The summed E-state index contributed by atoms with van der Waals surface area (Å²) in [6, 6.07) is 81.3. The third-order valence-corrected chi connectivity index (χ3v) is 17.3. The molecule has 0 saturated heterocycles. The van der Waals surface area contributed by atoms with E-state index >= 15 is 0 Å². The molecule has 0 fully saturated rings. The Labute approximate surface area is 332 Å². The largest absolute Gasteiger partial charge is 0.309 e. The molecule has 57 heavy (non-hydrogen) atoms. The molecule has 0 N–H and O–H groups in total. The summed E-state index contributed by atoms with van der Waals surface area (Å²) >= 11 is 0. The van der Waals surface area contributed by atoms with Crippen molar-refractivity contribution < 1.29 is 0 Å². The van der Waals surface area contributed by atoms with Gasteiger partial charge in [0.15, 0.2) is 8.07 Å². The summed E-state index contributed by atoms with van der Waals surface area (Å²) in [6.07, 6.45) is 0. The zero-order chi connectivity index (χ0) is 37.5. The molecule has 9 aromatic carbocycles. The lowest BCUT2D eigenvalue weighted by molar-refractivity contribution is 1.17. The van der Waals surface area contributed by atoms with Crippen molar-refractivity contribution in [3.63, 3.8) is 0 Å². The van der Waals surface area contributed by atoms with Crippen LogP contribution in [-0.4, -0.2) is 17.2 Å². The maximum atomic E-state index is 2.55. The van der Waals surface area contributed by atoms with Crippen LogP contribution in [0.1, 0.15) is 0 Å². The lowest BCUT2D eigenvalue weighted by Gasteiger charge is -2.31. The minimum atomic E-state index is -2.69. The van der Waals surface area contributed by atoms with E-state index in [1.807, 2.05) is 0 Å². The smallest absolute Gasteiger partial charge is 0.180 e. The molecule has 266 valence electrons. The van der Waals surface area contributed by atoms with Crippen molar-refractivity contribution in [2.45, 2.75) is 0 Å². The molecule has 1 aliphatic rings. The molecule has 0 unspecified atom stereocenters. The van der Waals surface area contributed by atoms with Crippen LogP contribution in [0.25, 0.3) is 77.2 Å². The number of benzene rings is 9. The highest BCUT2D eigenvalue weighted by Crippen LogP contribution is 2.42. The molecular weight excluding hydrogens is 705 g/mol. The molecule has 3 heteroatoms. The van der Waals surface area contributed by atoms with Gasteiger partial charge in [-0.15, -0.1) is 0 Å². The van der Waals surface area contributed by atoms with Crippen molar-refractivity contribution in [1.82, 2.24) is 9.13 Å². The van der Waals surface area contributed by atoms with E-state index in [1.165, 1.54) is 92.3 Å². The standard InChI is InChI=1S/C54H36N2Si/c1-3-16-37(17-4-1)38-30-32-39(33-31-38)55-49-27-12-8-25-47(49)53-50(55)35-34-46-43-22-7-11-26-48(43)56(54(46)53)40-18-15-21-42(36-40)57(41-19-5-2-6-20-41)51-28-13-9-23-44(51)45-24-10-14-29-52(45)57/h1-36H. The van der Waals surface area contributed by atoms with Crippen molar-refractivity contribution in [2.24, 2.45) is 0 Å². The summed E-state index contributed by atoms with van der Waals surface area (Å²) in [5.74, 6) is 0. The SMILES string of the molecule is c1ccc(-c2ccc(-n3c4ccccc4c4c3ccc3c5ccccc5n(-c5cccc([Si]6(c7ccccc7)c7ccccc7-c7ccccc76)c5)c34)cc2)cc1. The predicted molar refractivity (Wildman–Crippen MR) is 243 cm³/mol. The Kier molecular flexibility index (Phi) is 6.98. The molecule has 0 bridgehead atoms. The molecule has 0 spiro atoms. The average Bonchev–Trinajstić information content (AvgIpc) is 3.92. The van der Waals surface area contributed by atoms with Crippen molar-refractivity contribution in [2.75, 3.05) is 0 Å². The van der Waals surface area contributed by atoms with E-state index < -0.39 is 8.07 Å². The van der Waals surface area contributed by atoms with Crippen molar-refractivity contribution in [1.29, 1.82) is 0 Å². The first-order valence-corrected chi connectivity index (χ1v) is 21.8. The van der Waals surface area contributed by atoms with Crippen LogP contribution in [0.15, 0.2) is 218 Å². The van der Waals surface area contributed by atoms with Crippen LogP contribution >= 0.6 is 0 Å². The Morgan fingerprint density at radius 3 is 1.60 bits per heavy atom. The first kappa shape index (κ1) is 32.1. The molecule has 0 amide bonds. The minimum Gasteiger partial charge on any atom is -0.309 e. The number of hydrogen-bond donors (Lipinski definition) is 0. The summed E-state index contributed by atoms with van der Waals surface area (Å²) in [5, 5.41) is 10.8. The molecule has 11 aromatic rings. The van der Waals surface area contributed by atoms with E-state index in [9.17, 15) is 0 Å². The van der Waals surface area contributed by atoms with E-state index in [1.54, 1.807) is 0 Å². The van der Waals surface area contributed by atoms with E-state index in [2.05, 4.69) is 228 Å². The Morgan fingerprint density at radius 1 is 0.316 bits per heavy atom. The predicted octanol–water partition coefficient (Wildman–Crippen LogP) is 10.9. The highest BCUT2D eigenvalue weighted by Gasteiger charge is 2.48. The Bertz CT molecular complexity index is 3290. The van der Waals surface area contributed by atoms with Crippen LogP contribution in [0.2, 0.25) is 0 Å². The number of aromatic nitrogens is 2. The fourth-order valence-electron chi connectivity index (χ4n) is 10.1. The number of hydrogen-bond acceptors (Lipinski definition) is 0. The Morgan fingerprint density at radius 2 is 0.877 bits per heavy atom. The number of fused-ring (bicyclic) bond motifs is 10. The second-order valence-electron chi connectivity index (χ2n) is 15.2. The highest BCUT2D eigenvalue weighted by molar-refractivity contribution is 7.22. The van der Waals surface area contributed by atoms with Gasteiger partial charge in [0.25, 0.3) is 0 Å². The topological polar surface area (TPSA) is 9.86 Å². The van der Waals surface area contributed by atoms with Gasteiger partial charge in [0.1, 0.15) is 0 Å². The molecular formula is C54H36N2Si. The van der Waals surface area contributed by atoms with Gasteiger partial charge in [0.2, 0.25) is 0 Å². The zero-order valence-corrected chi connectivity index (χ0v) is 32.2. The number of nitrogens with zero attached hydrogens (tertiary/aromatic N) is 2. The highest BCUT2D eigenvalue weighted by atomic mass is 28.3. The number of rotatable bonds is 5.